The molecule has 0 aromatic heterocycles. The van der Waals surface area contributed by atoms with Crippen molar-refractivity contribution in [1.82, 2.24) is 5.32 Å². The Kier molecular flexibility index (Phi) is 3.74. The highest BCUT2D eigenvalue weighted by Crippen LogP contribution is 2.43. The molecule has 1 heterocycles. The lowest BCUT2D eigenvalue weighted by molar-refractivity contribution is -0.114. The van der Waals surface area contributed by atoms with Crippen LogP contribution in [0, 0.1) is 5.41 Å². The molecule has 1 saturated carbocycles. The molecule has 2 unspecified atom stereocenters. The van der Waals surface area contributed by atoms with Gasteiger partial charge in [-0.2, -0.15) is 0 Å². The molecule has 2 N–H and O–H groups in total. The summed E-state index contributed by atoms with van der Waals surface area (Å²) in [6.45, 7) is 9.54. The Balaban J connectivity index is 1.60. The molecule has 0 radical (unpaired) electrons. The van der Waals surface area contributed by atoms with Crippen LogP contribution >= 0.6 is 0 Å². The van der Waals surface area contributed by atoms with Gasteiger partial charge in [0.25, 0.3) is 0 Å². The summed E-state index contributed by atoms with van der Waals surface area (Å²) in [5.74, 6) is 0. The zero-order chi connectivity index (χ0) is 14.2. The molecule has 1 aromatic rings. The van der Waals surface area contributed by atoms with E-state index in [-0.39, 0.29) is 5.41 Å². The highest BCUT2D eigenvalue weighted by Gasteiger charge is 2.48. The fourth-order valence-electron chi connectivity index (χ4n) is 3.51. The summed E-state index contributed by atoms with van der Waals surface area (Å²) in [6.07, 6.45) is 2.69. The maximum atomic E-state index is 5.80. The fourth-order valence-corrected chi connectivity index (χ4v) is 3.51. The highest BCUT2D eigenvalue weighted by molar-refractivity contribution is 5.61. The Morgan fingerprint density at radius 3 is 3.00 bits per heavy atom. The first kappa shape index (κ1) is 13.9. The molecule has 1 aliphatic heterocycles. The van der Waals surface area contributed by atoms with Crippen LogP contribution in [-0.4, -0.2) is 25.3 Å². The topological polar surface area (TPSA) is 33.3 Å². The molecular weight excluding hydrogens is 248 g/mol. The summed E-state index contributed by atoms with van der Waals surface area (Å²) in [6, 6.07) is 7.20. The van der Waals surface area contributed by atoms with Crippen molar-refractivity contribution in [2.45, 2.75) is 52.3 Å². The van der Waals surface area contributed by atoms with Gasteiger partial charge in [-0.15, -0.1) is 0 Å². The van der Waals surface area contributed by atoms with Gasteiger partial charge in [0.1, 0.15) is 0 Å². The molecule has 110 valence electrons. The molecule has 0 saturated heterocycles. The van der Waals surface area contributed by atoms with Gasteiger partial charge in [0.15, 0.2) is 0 Å². The normalized spacial score (nSPS) is 26.8. The number of hydrogen-bond acceptors (Lipinski definition) is 3. The second-order valence-corrected chi connectivity index (χ2v) is 6.56. The van der Waals surface area contributed by atoms with Crippen LogP contribution in [-0.2, 0) is 17.7 Å². The second-order valence-electron chi connectivity index (χ2n) is 6.56. The standard InChI is InChI=1S/C17H26N2O/c1-4-20-15-10-14(17(15,2)3)19-11-13-7-5-6-12-8-9-18-16(12)13/h5-7,14-15,18-19H,4,8-11H2,1-3H3. The van der Waals surface area contributed by atoms with E-state index < -0.39 is 0 Å². The maximum absolute atomic E-state index is 5.80. The van der Waals surface area contributed by atoms with Gasteiger partial charge >= 0.3 is 0 Å². The molecule has 1 aromatic carbocycles. The van der Waals surface area contributed by atoms with E-state index in [1.807, 2.05) is 0 Å². The van der Waals surface area contributed by atoms with Crippen molar-refractivity contribution in [3.63, 3.8) is 0 Å². The van der Waals surface area contributed by atoms with E-state index in [0.29, 0.717) is 12.1 Å². The Bertz CT molecular complexity index is 484. The van der Waals surface area contributed by atoms with Crippen molar-refractivity contribution in [3.8, 4) is 0 Å². The summed E-state index contributed by atoms with van der Waals surface area (Å²) in [7, 11) is 0. The van der Waals surface area contributed by atoms with Crippen molar-refractivity contribution in [3.05, 3.63) is 29.3 Å². The molecule has 2 atom stereocenters. The summed E-state index contributed by atoms with van der Waals surface area (Å²) >= 11 is 0. The minimum atomic E-state index is 0.237. The third-order valence-electron chi connectivity index (χ3n) is 5.02. The van der Waals surface area contributed by atoms with Crippen molar-refractivity contribution in [2.24, 2.45) is 5.41 Å². The number of fused-ring (bicyclic) bond motifs is 1. The van der Waals surface area contributed by atoms with Crippen molar-refractivity contribution in [2.75, 3.05) is 18.5 Å². The van der Waals surface area contributed by atoms with Gasteiger partial charge in [-0.25, -0.2) is 0 Å². The molecule has 0 bridgehead atoms. The maximum Gasteiger partial charge on any atom is 0.0655 e. The number of hydrogen-bond donors (Lipinski definition) is 2. The predicted molar refractivity (Wildman–Crippen MR) is 83.1 cm³/mol. The van der Waals surface area contributed by atoms with Crippen LogP contribution in [0.4, 0.5) is 5.69 Å². The SMILES string of the molecule is CCOC1CC(NCc2cccc3c2NCC3)C1(C)C. The lowest BCUT2D eigenvalue weighted by Gasteiger charge is -2.52. The molecule has 1 fully saturated rings. The van der Waals surface area contributed by atoms with Gasteiger partial charge in [0.05, 0.1) is 6.10 Å². The van der Waals surface area contributed by atoms with Gasteiger partial charge in [0.2, 0.25) is 0 Å². The predicted octanol–water partition coefficient (Wildman–Crippen LogP) is 2.95. The van der Waals surface area contributed by atoms with E-state index in [1.54, 1.807) is 0 Å². The Hall–Kier alpha value is -1.06. The van der Waals surface area contributed by atoms with Gasteiger partial charge in [-0.3, -0.25) is 0 Å². The molecule has 0 amide bonds. The molecule has 3 rings (SSSR count). The van der Waals surface area contributed by atoms with E-state index in [9.17, 15) is 0 Å². The number of ether oxygens (including phenoxy) is 1. The lowest BCUT2D eigenvalue weighted by Crippen LogP contribution is -2.60. The van der Waals surface area contributed by atoms with Crippen molar-refractivity contribution >= 4 is 5.69 Å². The zero-order valence-electron chi connectivity index (χ0n) is 12.8. The molecule has 0 spiro atoms. The Morgan fingerprint density at radius 1 is 1.40 bits per heavy atom. The van der Waals surface area contributed by atoms with Gasteiger partial charge in [-0.05, 0) is 30.9 Å². The third-order valence-corrected chi connectivity index (χ3v) is 5.02. The Morgan fingerprint density at radius 2 is 2.25 bits per heavy atom. The van der Waals surface area contributed by atoms with Gasteiger partial charge < -0.3 is 15.4 Å². The first-order valence-corrected chi connectivity index (χ1v) is 7.82. The van der Waals surface area contributed by atoms with Gasteiger partial charge in [-0.1, -0.05) is 32.0 Å². The second kappa shape index (κ2) is 5.38. The third kappa shape index (κ3) is 2.33. The number of rotatable bonds is 5. The molecule has 20 heavy (non-hydrogen) atoms. The molecular formula is C17H26N2O. The Labute approximate surface area is 122 Å². The van der Waals surface area contributed by atoms with Crippen LogP contribution in [0.3, 0.4) is 0 Å². The van der Waals surface area contributed by atoms with Crippen molar-refractivity contribution in [1.29, 1.82) is 0 Å². The summed E-state index contributed by atoms with van der Waals surface area (Å²) in [4.78, 5) is 0. The lowest BCUT2D eigenvalue weighted by atomic mass is 9.64. The van der Waals surface area contributed by atoms with E-state index in [0.717, 1.165) is 32.5 Å². The quantitative estimate of drug-likeness (QED) is 0.866. The average molecular weight is 274 g/mol. The van der Waals surface area contributed by atoms with Gasteiger partial charge in [0, 0.05) is 36.8 Å². The first-order chi connectivity index (χ1) is 9.63. The monoisotopic (exact) mass is 274 g/mol. The van der Waals surface area contributed by atoms with E-state index in [4.69, 9.17) is 4.74 Å². The van der Waals surface area contributed by atoms with Crippen molar-refractivity contribution < 1.29 is 4.74 Å². The number of anilines is 1. The molecule has 2 aliphatic rings. The van der Waals surface area contributed by atoms with E-state index >= 15 is 0 Å². The molecule has 3 nitrogen and oxygen atoms in total. The van der Waals surface area contributed by atoms with Crippen LogP contribution in [0.1, 0.15) is 38.3 Å². The van der Waals surface area contributed by atoms with Crippen LogP contribution in [0.2, 0.25) is 0 Å². The average Bonchev–Trinajstić information content (AvgIpc) is 2.91. The highest BCUT2D eigenvalue weighted by atomic mass is 16.5. The van der Waals surface area contributed by atoms with Crippen LogP contribution in [0.5, 0.6) is 0 Å². The van der Waals surface area contributed by atoms with E-state index in [2.05, 4.69) is 49.6 Å². The van der Waals surface area contributed by atoms with E-state index in [1.165, 1.54) is 16.8 Å². The number of nitrogens with one attached hydrogen (secondary N) is 2. The number of benzene rings is 1. The van der Waals surface area contributed by atoms with Crippen LogP contribution < -0.4 is 10.6 Å². The smallest absolute Gasteiger partial charge is 0.0655 e. The van der Waals surface area contributed by atoms with Crippen LogP contribution in [0.15, 0.2) is 18.2 Å². The summed E-state index contributed by atoms with van der Waals surface area (Å²) in [5.41, 5.74) is 4.46. The van der Waals surface area contributed by atoms with Crippen LogP contribution in [0.25, 0.3) is 0 Å². The molecule has 3 heteroatoms. The summed E-state index contributed by atoms with van der Waals surface area (Å²) in [5, 5.41) is 7.24. The minimum Gasteiger partial charge on any atom is -0.384 e. The fraction of sp³-hybridized carbons (Fsp3) is 0.647. The molecule has 1 aliphatic carbocycles. The minimum absolute atomic E-state index is 0.237. The number of para-hydroxylation sites is 1. The summed E-state index contributed by atoms with van der Waals surface area (Å²) < 4.78 is 5.80. The zero-order valence-corrected chi connectivity index (χ0v) is 12.8. The first-order valence-electron chi connectivity index (χ1n) is 7.82. The largest absolute Gasteiger partial charge is 0.384 e.